The first-order valence-electron chi connectivity index (χ1n) is 7.50. The van der Waals surface area contributed by atoms with Crippen molar-refractivity contribution in [1.82, 2.24) is 4.90 Å². The van der Waals surface area contributed by atoms with Crippen LogP contribution < -0.4 is 4.74 Å². The highest BCUT2D eigenvalue weighted by Gasteiger charge is 2.37. The first-order chi connectivity index (χ1) is 9.83. The van der Waals surface area contributed by atoms with Crippen LogP contribution in [0.1, 0.15) is 12.8 Å². The molecule has 1 aromatic carbocycles. The minimum absolute atomic E-state index is 0.346. The second kappa shape index (κ2) is 6.57. The standard InChI is InChI=1S/C16H23NO3/c18-14(11-20-15-4-2-1-3-5-15)10-17-8-9-19-12-16(17)13-6-7-13/h1-5,13-14,16,18H,6-12H2/t14-,16-/m0/s1. The Hall–Kier alpha value is -1.10. The predicted molar refractivity (Wildman–Crippen MR) is 76.8 cm³/mol. The average molecular weight is 277 g/mol. The highest BCUT2D eigenvalue weighted by atomic mass is 16.5. The van der Waals surface area contributed by atoms with Gasteiger partial charge < -0.3 is 14.6 Å². The van der Waals surface area contributed by atoms with Crippen LogP contribution in [0.5, 0.6) is 5.75 Å². The van der Waals surface area contributed by atoms with Gasteiger partial charge >= 0.3 is 0 Å². The van der Waals surface area contributed by atoms with E-state index in [9.17, 15) is 5.11 Å². The summed E-state index contributed by atoms with van der Waals surface area (Å²) in [5.41, 5.74) is 0. The van der Waals surface area contributed by atoms with Crippen molar-refractivity contribution < 1.29 is 14.6 Å². The predicted octanol–water partition coefficient (Wildman–Crippen LogP) is 1.54. The molecule has 1 heterocycles. The van der Waals surface area contributed by atoms with Crippen LogP contribution >= 0.6 is 0 Å². The van der Waals surface area contributed by atoms with Gasteiger partial charge in [0.1, 0.15) is 18.5 Å². The summed E-state index contributed by atoms with van der Waals surface area (Å²) in [6.45, 7) is 3.53. The summed E-state index contributed by atoms with van der Waals surface area (Å²) >= 11 is 0. The van der Waals surface area contributed by atoms with Crippen molar-refractivity contribution in [2.75, 3.05) is 32.9 Å². The van der Waals surface area contributed by atoms with E-state index < -0.39 is 6.10 Å². The van der Waals surface area contributed by atoms with Crippen molar-refractivity contribution in [2.45, 2.75) is 25.0 Å². The lowest BCUT2D eigenvalue weighted by molar-refractivity contribution is -0.0392. The van der Waals surface area contributed by atoms with E-state index in [0.29, 0.717) is 19.2 Å². The number of para-hydroxylation sites is 1. The minimum atomic E-state index is -0.449. The largest absolute Gasteiger partial charge is 0.491 e. The van der Waals surface area contributed by atoms with Crippen LogP contribution in [0.15, 0.2) is 30.3 Å². The third-order valence-electron chi connectivity index (χ3n) is 4.08. The Balaban J connectivity index is 1.46. The second-order valence-electron chi connectivity index (χ2n) is 5.75. The number of β-amino-alcohol motifs (C(OH)–C–C–N with tert-alkyl or cyclic N) is 1. The Kier molecular flexibility index (Phi) is 4.55. The lowest BCUT2D eigenvalue weighted by Gasteiger charge is -2.36. The summed E-state index contributed by atoms with van der Waals surface area (Å²) in [6.07, 6.45) is 2.16. The van der Waals surface area contributed by atoms with Gasteiger partial charge in [-0.05, 0) is 30.9 Å². The molecule has 1 saturated heterocycles. The highest BCUT2D eigenvalue weighted by molar-refractivity contribution is 5.20. The van der Waals surface area contributed by atoms with Crippen molar-refractivity contribution in [3.8, 4) is 5.75 Å². The lowest BCUT2D eigenvalue weighted by atomic mass is 10.1. The molecule has 4 heteroatoms. The van der Waals surface area contributed by atoms with Gasteiger partial charge in [-0.3, -0.25) is 4.90 Å². The molecule has 0 amide bonds. The molecule has 20 heavy (non-hydrogen) atoms. The fourth-order valence-corrected chi connectivity index (χ4v) is 2.83. The molecular formula is C16H23NO3. The average Bonchev–Trinajstić information content (AvgIpc) is 3.31. The quantitative estimate of drug-likeness (QED) is 0.856. The van der Waals surface area contributed by atoms with E-state index in [1.165, 1.54) is 12.8 Å². The molecule has 0 aromatic heterocycles. The molecule has 0 bridgehead atoms. The van der Waals surface area contributed by atoms with Gasteiger partial charge in [0.15, 0.2) is 0 Å². The van der Waals surface area contributed by atoms with Gasteiger partial charge in [0.2, 0.25) is 0 Å². The third-order valence-corrected chi connectivity index (χ3v) is 4.08. The van der Waals surface area contributed by atoms with Crippen LogP contribution in [-0.2, 0) is 4.74 Å². The number of hydrogen-bond donors (Lipinski definition) is 1. The number of nitrogens with zero attached hydrogens (tertiary/aromatic N) is 1. The van der Waals surface area contributed by atoms with Gasteiger partial charge in [-0.1, -0.05) is 18.2 Å². The molecule has 0 radical (unpaired) electrons. The van der Waals surface area contributed by atoms with Gasteiger partial charge in [-0.25, -0.2) is 0 Å². The van der Waals surface area contributed by atoms with Crippen LogP contribution in [0.4, 0.5) is 0 Å². The first kappa shape index (κ1) is 13.9. The zero-order valence-electron chi connectivity index (χ0n) is 11.8. The molecular weight excluding hydrogens is 254 g/mol. The lowest BCUT2D eigenvalue weighted by Crippen LogP contribution is -2.50. The molecule has 1 saturated carbocycles. The number of hydrogen-bond acceptors (Lipinski definition) is 4. The van der Waals surface area contributed by atoms with Crippen LogP contribution in [-0.4, -0.2) is 55.1 Å². The maximum Gasteiger partial charge on any atom is 0.119 e. The number of benzene rings is 1. The van der Waals surface area contributed by atoms with E-state index in [0.717, 1.165) is 31.4 Å². The minimum Gasteiger partial charge on any atom is -0.491 e. The van der Waals surface area contributed by atoms with Crippen molar-refractivity contribution in [2.24, 2.45) is 5.92 Å². The number of aliphatic hydroxyl groups is 1. The summed E-state index contributed by atoms with van der Waals surface area (Å²) in [4.78, 5) is 2.38. The fourth-order valence-electron chi connectivity index (χ4n) is 2.83. The monoisotopic (exact) mass is 277 g/mol. The molecule has 110 valence electrons. The number of aliphatic hydroxyl groups excluding tert-OH is 1. The van der Waals surface area contributed by atoms with Crippen molar-refractivity contribution in [1.29, 1.82) is 0 Å². The van der Waals surface area contributed by atoms with Gasteiger partial charge in [0, 0.05) is 19.1 Å². The van der Waals surface area contributed by atoms with Crippen LogP contribution in [0.2, 0.25) is 0 Å². The van der Waals surface area contributed by atoms with Gasteiger partial charge in [0.25, 0.3) is 0 Å². The molecule has 1 aromatic rings. The Labute approximate surface area is 120 Å². The number of ether oxygens (including phenoxy) is 2. The summed E-state index contributed by atoms with van der Waals surface area (Å²) in [7, 11) is 0. The Morgan fingerprint density at radius 2 is 2.10 bits per heavy atom. The van der Waals surface area contributed by atoms with E-state index in [4.69, 9.17) is 9.47 Å². The smallest absolute Gasteiger partial charge is 0.119 e. The van der Waals surface area contributed by atoms with E-state index in [1.54, 1.807) is 0 Å². The van der Waals surface area contributed by atoms with E-state index >= 15 is 0 Å². The molecule has 1 aliphatic carbocycles. The summed E-state index contributed by atoms with van der Waals surface area (Å²) in [5, 5.41) is 10.2. The van der Waals surface area contributed by atoms with E-state index in [2.05, 4.69) is 4.90 Å². The SMILES string of the molecule is O[C@H](COc1ccccc1)CN1CCOC[C@H]1C1CC1. The van der Waals surface area contributed by atoms with Crippen LogP contribution in [0, 0.1) is 5.92 Å². The zero-order valence-corrected chi connectivity index (χ0v) is 11.8. The van der Waals surface area contributed by atoms with Crippen LogP contribution in [0.25, 0.3) is 0 Å². The summed E-state index contributed by atoms with van der Waals surface area (Å²) < 4.78 is 11.2. The normalized spacial score (nSPS) is 25.4. The van der Waals surface area contributed by atoms with Gasteiger partial charge in [0.05, 0.1) is 13.2 Å². The van der Waals surface area contributed by atoms with Gasteiger partial charge in [-0.15, -0.1) is 0 Å². The highest BCUT2D eigenvalue weighted by Crippen LogP contribution is 2.36. The molecule has 4 nitrogen and oxygen atoms in total. The summed E-state index contributed by atoms with van der Waals surface area (Å²) in [5.74, 6) is 1.59. The molecule has 1 N–H and O–H groups in total. The molecule has 0 unspecified atom stereocenters. The molecule has 2 aliphatic rings. The zero-order chi connectivity index (χ0) is 13.8. The first-order valence-corrected chi connectivity index (χ1v) is 7.50. The molecule has 3 rings (SSSR count). The molecule has 1 aliphatic heterocycles. The maximum atomic E-state index is 10.2. The topological polar surface area (TPSA) is 41.9 Å². The molecule has 0 spiro atoms. The maximum absolute atomic E-state index is 10.2. The number of rotatable bonds is 6. The van der Waals surface area contributed by atoms with Crippen molar-refractivity contribution in [3.63, 3.8) is 0 Å². The molecule has 2 fully saturated rings. The Morgan fingerprint density at radius 1 is 1.30 bits per heavy atom. The summed E-state index contributed by atoms with van der Waals surface area (Å²) in [6, 6.07) is 10.1. The fraction of sp³-hybridized carbons (Fsp3) is 0.625. The second-order valence-corrected chi connectivity index (χ2v) is 5.75. The third kappa shape index (κ3) is 3.72. The van der Waals surface area contributed by atoms with Gasteiger partial charge in [-0.2, -0.15) is 0 Å². The molecule has 2 atom stereocenters. The van der Waals surface area contributed by atoms with E-state index in [-0.39, 0.29) is 0 Å². The van der Waals surface area contributed by atoms with Crippen molar-refractivity contribution >= 4 is 0 Å². The van der Waals surface area contributed by atoms with E-state index in [1.807, 2.05) is 30.3 Å². The Morgan fingerprint density at radius 3 is 2.85 bits per heavy atom. The van der Waals surface area contributed by atoms with Crippen LogP contribution in [0.3, 0.4) is 0 Å². The Bertz CT molecular complexity index is 407. The van der Waals surface area contributed by atoms with Crippen molar-refractivity contribution in [3.05, 3.63) is 30.3 Å². The number of morpholine rings is 1.